The van der Waals surface area contributed by atoms with E-state index in [9.17, 15) is 14.9 Å². The van der Waals surface area contributed by atoms with Crippen LogP contribution in [0.5, 0.6) is 5.75 Å². The number of nitrogens with one attached hydrogen (secondary N) is 1. The maximum absolute atomic E-state index is 11.8. The first-order valence-electron chi connectivity index (χ1n) is 5.75. The second kappa shape index (κ2) is 6.14. The number of benzene rings is 1. The molecule has 0 bridgehead atoms. The van der Waals surface area contributed by atoms with E-state index in [2.05, 4.69) is 5.32 Å². The van der Waals surface area contributed by atoms with Crippen LogP contribution in [0.2, 0.25) is 0 Å². The molecule has 1 amide bonds. The Labute approximate surface area is 110 Å². The smallest absolute Gasteiger partial charge is 0.312 e. The van der Waals surface area contributed by atoms with Gasteiger partial charge >= 0.3 is 5.69 Å². The largest absolute Gasteiger partial charge is 0.490 e. The lowest BCUT2D eigenvalue weighted by Crippen LogP contribution is -2.39. The first kappa shape index (κ1) is 14.9. The highest BCUT2D eigenvalue weighted by atomic mass is 16.6. The quantitative estimate of drug-likeness (QED) is 0.621. The number of nitrogens with zero attached hydrogens (tertiary/aromatic N) is 1. The van der Waals surface area contributed by atoms with Crippen LogP contribution >= 0.6 is 0 Å². The Kier molecular flexibility index (Phi) is 4.82. The van der Waals surface area contributed by atoms with Crippen LogP contribution in [0.4, 0.5) is 11.4 Å². The summed E-state index contributed by atoms with van der Waals surface area (Å²) in [7, 11) is 1.34. The van der Waals surface area contributed by atoms with Crippen LogP contribution in [0.15, 0.2) is 18.2 Å². The number of hydrogen-bond acceptors (Lipinski definition) is 5. The molecule has 0 aromatic heterocycles. The number of carbonyl (C=O) groups excluding carboxylic acids is 1. The fraction of sp³-hybridized carbons (Fsp3) is 0.417. The van der Waals surface area contributed by atoms with E-state index in [-0.39, 0.29) is 23.3 Å². The average molecular weight is 267 g/mol. The maximum Gasteiger partial charge on any atom is 0.312 e. The van der Waals surface area contributed by atoms with E-state index in [0.29, 0.717) is 5.69 Å². The second-order valence-corrected chi connectivity index (χ2v) is 4.40. The Morgan fingerprint density at radius 1 is 1.47 bits per heavy atom. The highest BCUT2D eigenvalue weighted by Crippen LogP contribution is 2.29. The fourth-order valence-electron chi connectivity index (χ4n) is 1.44. The summed E-state index contributed by atoms with van der Waals surface area (Å²) in [5.74, 6) is -0.265. The summed E-state index contributed by atoms with van der Waals surface area (Å²) < 4.78 is 4.87. The standard InChI is InChI=1S/C12H17N3O4/c1-7(2)11(13)12(16)14-8-4-5-10(19-3)9(6-8)15(17)18/h4-7,11H,13H2,1-3H3,(H,14,16)/t11-/m1/s1. The number of amides is 1. The van der Waals surface area contributed by atoms with Gasteiger partial charge in [0.2, 0.25) is 5.91 Å². The van der Waals surface area contributed by atoms with Gasteiger partial charge in [-0.05, 0) is 18.1 Å². The Balaban J connectivity index is 2.94. The number of rotatable bonds is 5. The van der Waals surface area contributed by atoms with Crippen molar-refractivity contribution in [2.24, 2.45) is 11.7 Å². The Morgan fingerprint density at radius 2 is 2.11 bits per heavy atom. The number of ether oxygens (including phenoxy) is 1. The van der Waals surface area contributed by atoms with Crippen LogP contribution in [0.25, 0.3) is 0 Å². The number of methoxy groups -OCH3 is 1. The molecule has 3 N–H and O–H groups in total. The van der Waals surface area contributed by atoms with Gasteiger partial charge in [0.1, 0.15) is 0 Å². The fourth-order valence-corrected chi connectivity index (χ4v) is 1.44. The van der Waals surface area contributed by atoms with Crippen LogP contribution in [-0.4, -0.2) is 24.0 Å². The summed E-state index contributed by atoms with van der Waals surface area (Å²) in [5, 5.41) is 13.4. The van der Waals surface area contributed by atoms with E-state index in [4.69, 9.17) is 10.5 Å². The van der Waals surface area contributed by atoms with Crippen molar-refractivity contribution >= 4 is 17.3 Å². The zero-order chi connectivity index (χ0) is 14.6. The zero-order valence-corrected chi connectivity index (χ0v) is 11.0. The van der Waals surface area contributed by atoms with Crippen molar-refractivity contribution in [3.63, 3.8) is 0 Å². The summed E-state index contributed by atoms with van der Waals surface area (Å²) in [5.41, 5.74) is 5.79. The third-order valence-corrected chi connectivity index (χ3v) is 2.66. The molecule has 0 saturated heterocycles. The SMILES string of the molecule is COc1ccc(NC(=O)[C@H](N)C(C)C)cc1[N+](=O)[O-]. The van der Waals surface area contributed by atoms with Crippen LogP contribution in [-0.2, 0) is 4.79 Å². The second-order valence-electron chi connectivity index (χ2n) is 4.40. The molecule has 0 aliphatic carbocycles. The monoisotopic (exact) mass is 267 g/mol. The van der Waals surface area contributed by atoms with Crippen molar-refractivity contribution in [1.29, 1.82) is 0 Å². The van der Waals surface area contributed by atoms with Crippen LogP contribution in [0.3, 0.4) is 0 Å². The minimum absolute atomic E-state index is 0.0202. The molecule has 1 atom stereocenters. The topological polar surface area (TPSA) is 107 Å². The Hall–Kier alpha value is -2.15. The molecule has 0 unspecified atom stereocenters. The molecule has 0 saturated carbocycles. The molecular weight excluding hydrogens is 250 g/mol. The van der Waals surface area contributed by atoms with Gasteiger partial charge in [0.05, 0.1) is 18.1 Å². The van der Waals surface area contributed by atoms with Crippen molar-refractivity contribution in [2.75, 3.05) is 12.4 Å². The third-order valence-electron chi connectivity index (χ3n) is 2.66. The predicted octanol–water partition coefficient (Wildman–Crippen LogP) is 1.53. The molecule has 0 radical (unpaired) electrons. The lowest BCUT2D eigenvalue weighted by Gasteiger charge is -2.15. The summed E-state index contributed by atoms with van der Waals surface area (Å²) >= 11 is 0. The van der Waals surface area contributed by atoms with E-state index in [1.165, 1.54) is 25.3 Å². The van der Waals surface area contributed by atoms with Gasteiger partial charge in [-0.3, -0.25) is 14.9 Å². The van der Waals surface area contributed by atoms with E-state index in [1.807, 2.05) is 13.8 Å². The van der Waals surface area contributed by atoms with Gasteiger partial charge in [-0.2, -0.15) is 0 Å². The maximum atomic E-state index is 11.8. The minimum Gasteiger partial charge on any atom is -0.490 e. The van der Waals surface area contributed by atoms with Gasteiger partial charge in [-0.25, -0.2) is 0 Å². The number of nitro groups is 1. The van der Waals surface area contributed by atoms with E-state index in [1.54, 1.807) is 0 Å². The van der Waals surface area contributed by atoms with Crippen LogP contribution in [0.1, 0.15) is 13.8 Å². The number of hydrogen-bond donors (Lipinski definition) is 2. The zero-order valence-electron chi connectivity index (χ0n) is 11.0. The lowest BCUT2D eigenvalue weighted by molar-refractivity contribution is -0.385. The molecule has 104 valence electrons. The number of anilines is 1. The molecule has 1 rings (SSSR count). The van der Waals surface area contributed by atoms with E-state index >= 15 is 0 Å². The van der Waals surface area contributed by atoms with Gasteiger partial charge < -0.3 is 15.8 Å². The average Bonchev–Trinajstić information content (AvgIpc) is 2.37. The molecule has 0 heterocycles. The molecule has 0 fully saturated rings. The van der Waals surface area contributed by atoms with Gasteiger partial charge in [0, 0.05) is 11.8 Å². The number of nitro benzene ring substituents is 1. The molecule has 1 aromatic carbocycles. The van der Waals surface area contributed by atoms with Crippen LogP contribution < -0.4 is 15.8 Å². The molecule has 0 aliphatic heterocycles. The Morgan fingerprint density at radius 3 is 2.58 bits per heavy atom. The molecule has 7 heteroatoms. The number of carbonyl (C=O) groups is 1. The van der Waals surface area contributed by atoms with E-state index < -0.39 is 11.0 Å². The Bertz CT molecular complexity index is 488. The van der Waals surface area contributed by atoms with Gasteiger partial charge in [0.15, 0.2) is 5.75 Å². The summed E-state index contributed by atoms with van der Waals surface area (Å²) in [6.07, 6.45) is 0. The first-order chi connectivity index (χ1) is 8.86. The molecule has 0 spiro atoms. The van der Waals surface area contributed by atoms with Crippen molar-refractivity contribution in [1.82, 2.24) is 0 Å². The highest BCUT2D eigenvalue weighted by Gasteiger charge is 2.20. The molecule has 19 heavy (non-hydrogen) atoms. The summed E-state index contributed by atoms with van der Waals surface area (Å²) in [6.45, 7) is 3.64. The normalized spacial score (nSPS) is 12.1. The molecule has 1 aromatic rings. The van der Waals surface area contributed by atoms with Crippen molar-refractivity contribution < 1.29 is 14.5 Å². The number of nitrogens with two attached hydrogens (primary N) is 1. The summed E-state index contributed by atoms with van der Waals surface area (Å²) in [6, 6.07) is 3.52. The van der Waals surface area contributed by atoms with Crippen LogP contribution in [0, 0.1) is 16.0 Å². The molecule has 7 nitrogen and oxygen atoms in total. The lowest BCUT2D eigenvalue weighted by atomic mass is 10.0. The van der Waals surface area contributed by atoms with Gasteiger partial charge in [-0.1, -0.05) is 13.8 Å². The molecule has 0 aliphatic rings. The predicted molar refractivity (Wildman–Crippen MR) is 71.1 cm³/mol. The minimum atomic E-state index is -0.666. The molecular formula is C12H17N3O4. The van der Waals surface area contributed by atoms with Gasteiger partial charge in [-0.15, -0.1) is 0 Å². The summed E-state index contributed by atoms with van der Waals surface area (Å²) in [4.78, 5) is 22.0. The van der Waals surface area contributed by atoms with Gasteiger partial charge in [0.25, 0.3) is 0 Å². The first-order valence-corrected chi connectivity index (χ1v) is 5.75. The van der Waals surface area contributed by atoms with Crippen molar-refractivity contribution in [3.8, 4) is 5.75 Å². The van der Waals surface area contributed by atoms with Crippen molar-refractivity contribution in [2.45, 2.75) is 19.9 Å². The third kappa shape index (κ3) is 3.65. The highest BCUT2D eigenvalue weighted by molar-refractivity contribution is 5.95. The van der Waals surface area contributed by atoms with E-state index in [0.717, 1.165) is 0 Å². The van der Waals surface area contributed by atoms with Crippen molar-refractivity contribution in [3.05, 3.63) is 28.3 Å².